The smallest absolute Gasteiger partial charge is 0.303 e. The van der Waals surface area contributed by atoms with Crippen LogP contribution in [-0.2, 0) is 4.79 Å². The summed E-state index contributed by atoms with van der Waals surface area (Å²) >= 11 is 0. The first kappa shape index (κ1) is 19.9. The summed E-state index contributed by atoms with van der Waals surface area (Å²) in [5.41, 5.74) is 0. The van der Waals surface area contributed by atoms with E-state index in [1.54, 1.807) is 0 Å². The number of hydrogen-bond donors (Lipinski definition) is 1. The number of carbonyl (C=O) groups is 1. The number of rotatable bonds is 12. The largest absolute Gasteiger partial charge is 0.481 e. The Bertz CT molecular complexity index is 435. The summed E-state index contributed by atoms with van der Waals surface area (Å²) in [7, 11) is 0. The summed E-state index contributed by atoms with van der Waals surface area (Å²) in [6.45, 7) is 2.14. The van der Waals surface area contributed by atoms with Crippen LogP contribution in [0.15, 0.2) is 72.9 Å². The predicted molar refractivity (Wildman–Crippen MR) is 95.9 cm³/mol. The van der Waals surface area contributed by atoms with Gasteiger partial charge in [0.15, 0.2) is 0 Å². The third-order valence-corrected chi connectivity index (χ3v) is 2.70. The van der Waals surface area contributed by atoms with E-state index in [1.807, 2.05) is 42.5 Å². The van der Waals surface area contributed by atoms with Crippen LogP contribution in [0.25, 0.3) is 0 Å². The highest BCUT2D eigenvalue weighted by Crippen LogP contribution is 1.96. The van der Waals surface area contributed by atoms with Gasteiger partial charge in [0.1, 0.15) is 0 Å². The molecule has 0 heterocycles. The topological polar surface area (TPSA) is 37.3 Å². The Morgan fingerprint density at radius 3 is 1.95 bits per heavy atom. The fraction of sp³-hybridized carbons (Fsp3) is 0.350. The minimum atomic E-state index is -0.731. The predicted octanol–water partition coefficient (Wildman–Crippen LogP) is 5.77. The van der Waals surface area contributed by atoms with Gasteiger partial charge in [0.25, 0.3) is 0 Å². The molecule has 0 radical (unpaired) electrons. The standard InChI is InChI=1S/C20H28O2/c1-2-3-4-5-6-7-8-9-10-11-12-13-14-15-16-17-18-19-20(21)22/h3-4,6-7,9-16H,2,5,8,17-19H2,1H3,(H,21,22). The van der Waals surface area contributed by atoms with E-state index in [0.717, 1.165) is 25.7 Å². The molecule has 1 N–H and O–H groups in total. The van der Waals surface area contributed by atoms with Crippen molar-refractivity contribution in [2.75, 3.05) is 0 Å². The maximum absolute atomic E-state index is 10.3. The lowest BCUT2D eigenvalue weighted by molar-refractivity contribution is -0.137. The summed E-state index contributed by atoms with van der Waals surface area (Å²) in [5.74, 6) is -0.731. The van der Waals surface area contributed by atoms with Gasteiger partial charge in [-0.25, -0.2) is 0 Å². The molecule has 0 aliphatic heterocycles. The lowest BCUT2D eigenvalue weighted by Crippen LogP contribution is -1.92. The lowest BCUT2D eigenvalue weighted by atomic mass is 10.2. The number of allylic oxidation sites excluding steroid dienone is 12. The second-order valence-electron chi connectivity index (χ2n) is 4.73. The van der Waals surface area contributed by atoms with Crippen molar-refractivity contribution >= 4 is 5.97 Å². The molecule has 2 nitrogen and oxygen atoms in total. The van der Waals surface area contributed by atoms with Crippen molar-refractivity contribution in [3.05, 3.63) is 72.9 Å². The highest BCUT2D eigenvalue weighted by molar-refractivity contribution is 5.66. The minimum absolute atomic E-state index is 0.238. The van der Waals surface area contributed by atoms with Crippen molar-refractivity contribution in [1.29, 1.82) is 0 Å². The summed E-state index contributed by atoms with van der Waals surface area (Å²) in [6, 6.07) is 0. The third-order valence-electron chi connectivity index (χ3n) is 2.70. The number of carboxylic acids is 1. The first-order valence-electron chi connectivity index (χ1n) is 7.94. The highest BCUT2D eigenvalue weighted by atomic mass is 16.4. The average Bonchev–Trinajstić information content (AvgIpc) is 2.50. The van der Waals surface area contributed by atoms with E-state index in [0.29, 0.717) is 6.42 Å². The highest BCUT2D eigenvalue weighted by Gasteiger charge is 1.92. The Morgan fingerprint density at radius 2 is 1.32 bits per heavy atom. The Kier molecular flexibility index (Phi) is 15.4. The van der Waals surface area contributed by atoms with Crippen LogP contribution in [0.5, 0.6) is 0 Å². The molecular weight excluding hydrogens is 272 g/mol. The Labute approximate surface area is 134 Å². The first-order chi connectivity index (χ1) is 10.8. The first-order valence-corrected chi connectivity index (χ1v) is 7.94. The molecule has 0 atom stereocenters. The van der Waals surface area contributed by atoms with Crippen LogP contribution < -0.4 is 0 Å². The van der Waals surface area contributed by atoms with Crippen LogP contribution in [0.2, 0.25) is 0 Å². The zero-order valence-corrected chi connectivity index (χ0v) is 13.5. The molecule has 0 fully saturated rings. The molecule has 2 heteroatoms. The van der Waals surface area contributed by atoms with Gasteiger partial charge < -0.3 is 5.11 Å². The van der Waals surface area contributed by atoms with Gasteiger partial charge in [-0.2, -0.15) is 0 Å². The number of carboxylic acid groups (broad SMARTS) is 1. The van der Waals surface area contributed by atoms with Gasteiger partial charge in [0.2, 0.25) is 0 Å². The van der Waals surface area contributed by atoms with Gasteiger partial charge in [0, 0.05) is 6.42 Å². The van der Waals surface area contributed by atoms with E-state index in [1.165, 1.54) is 0 Å². The Morgan fingerprint density at radius 1 is 0.773 bits per heavy atom. The third kappa shape index (κ3) is 17.9. The van der Waals surface area contributed by atoms with Crippen molar-refractivity contribution < 1.29 is 9.90 Å². The average molecular weight is 300 g/mol. The van der Waals surface area contributed by atoms with E-state index in [-0.39, 0.29) is 6.42 Å². The van der Waals surface area contributed by atoms with E-state index in [4.69, 9.17) is 5.11 Å². The zero-order valence-electron chi connectivity index (χ0n) is 13.5. The molecule has 0 aliphatic carbocycles. The molecule has 0 saturated heterocycles. The van der Waals surface area contributed by atoms with Gasteiger partial charge in [-0.3, -0.25) is 4.79 Å². The molecule has 22 heavy (non-hydrogen) atoms. The summed E-state index contributed by atoms with van der Waals surface area (Å²) in [4.78, 5) is 10.3. The van der Waals surface area contributed by atoms with Gasteiger partial charge in [0.05, 0.1) is 0 Å². The molecule has 0 bridgehead atoms. The SMILES string of the molecule is CCC=CCC=CCC=CC=CC=CC=CCCCC(=O)O. The molecule has 0 unspecified atom stereocenters. The minimum Gasteiger partial charge on any atom is -0.481 e. The van der Waals surface area contributed by atoms with Crippen molar-refractivity contribution in [2.45, 2.75) is 45.4 Å². The van der Waals surface area contributed by atoms with Gasteiger partial charge in [-0.05, 0) is 32.1 Å². The molecule has 0 aromatic carbocycles. The zero-order chi connectivity index (χ0) is 16.3. The lowest BCUT2D eigenvalue weighted by Gasteiger charge is -1.88. The fourth-order valence-corrected chi connectivity index (χ4v) is 1.57. The van der Waals surface area contributed by atoms with Crippen LogP contribution >= 0.6 is 0 Å². The maximum atomic E-state index is 10.3. The van der Waals surface area contributed by atoms with E-state index < -0.39 is 5.97 Å². The maximum Gasteiger partial charge on any atom is 0.303 e. The number of unbranched alkanes of at least 4 members (excludes halogenated alkanes) is 1. The molecule has 120 valence electrons. The molecule has 0 saturated carbocycles. The van der Waals surface area contributed by atoms with Crippen LogP contribution in [0.1, 0.15) is 45.4 Å². The fourth-order valence-electron chi connectivity index (χ4n) is 1.57. The second kappa shape index (κ2) is 17.0. The van der Waals surface area contributed by atoms with E-state index in [2.05, 4.69) is 37.3 Å². The number of hydrogen-bond acceptors (Lipinski definition) is 1. The summed E-state index contributed by atoms with van der Waals surface area (Å²) in [6.07, 6.45) is 29.5. The van der Waals surface area contributed by atoms with Crippen LogP contribution in [0, 0.1) is 0 Å². The molecular formula is C20H28O2. The van der Waals surface area contributed by atoms with E-state index in [9.17, 15) is 4.79 Å². The van der Waals surface area contributed by atoms with Gasteiger partial charge in [-0.1, -0.05) is 79.8 Å². The van der Waals surface area contributed by atoms with Crippen molar-refractivity contribution in [3.63, 3.8) is 0 Å². The molecule has 0 rings (SSSR count). The van der Waals surface area contributed by atoms with Crippen molar-refractivity contribution in [1.82, 2.24) is 0 Å². The van der Waals surface area contributed by atoms with E-state index >= 15 is 0 Å². The molecule has 0 aromatic rings. The summed E-state index contributed by atoms with van der Waals surface area (Å²) in [5, 5.41) is 8.48. The number of aliphatic carboxylic acids is 1. The molecule has 0 aromatic heterocycles. The molecule has 0 amide bonds. The Balaban J connectivity index is 3.61. The van der Waals surface area contributed by atoms with Gasteiger partial charge >= 0.3 is 5.97 Å². The van der Waals surface area contributed by atoms with Crippen LogP contribution in [0.3, 0.4) is 0 Å². The van der Waals surface area contributed by atoms with Crippen molar-refractivity contribution in [3.8, 4) is 0 Å². The Hall–Kier alpha value is -2.09. The van der Waals surface area contributed by atoms with Crippen molar-refractivity contribution in [2.24, 2.45) is 0 Å². The molecule has 0 spiro atoms. The van der Waals surface area contributed by atoms with Crippen LogP contribution in [-0.4, -0.2) is 11.1 Å². The van der Waals surface area contributed by atoms with Gasteiger partial charge in [-0.15, -0.1) is 0 Å². The summed E-state index contributed by atoms with van der Waals surface area (Å²) < 4.78 is 0. The van der Waals surface area contributed by atoms with Crippen LogP contribution in [0.4, 0.5) is 0 Å². The molecule has 0 aliphatic rings. The second-order valence-corrected chi connectivity index (χ2v) is 4.73. The monoisotopic (exact) mass is 300 g/mol. The normalized spacial score (nSPS) is 13.1. The quantitative estimate of drug-likeness (QED) is 0.282.